The van der Waals surface area contributed by atoms with Crippen LogP contribution < -0.4 is 15.0 Å². The number of benzene rings is 1. The zero-order valence-corrected chi connectivity index (χ0v) is 11.3. The van der Waals surface area contributed by atoms with Gasteiger partial charge >= 0.3 is 0 Å². The lowest BCUT2D eigenvalue weighted by Gasteiger charge is -2.29. The Hall–Kier alpha value is -2.14. The van der Waals surface area contributed by atoms with Crippen molar-refractivity contribution in [1.82, 2.24) is 15.3 Å². The van der Waals surface area contributed by atoms with E-state index >= 15 is 0 Å². The van der Waals surface area contributed by atoms with E-state index in [-0.39, 0.29) is 0 Å². The zero-order valence-electron chi connectivity index (χ0n) is 11.3. The Labute approximate surface area is 118 Å². The molecule has 1 aromatic heterocycles. The highest BCUT2D eigenvalue weighted by Gasteiger charge is 2.16. The van der Waals surface area contributed by atoms with Gasteiger partial charge in [0, 0.05) is 26.2 Å². The van der Waals surface area contributed by atoms with E-state index in [0.717, 1.165) is 43.3 Å². The van der Waals surface area contributed by atoms with Crippen LogP contribution in [0.5, 0.6) is 5.75 Å². The van der Waals surface area contributed by atoms with Gasteiger partial charge in [0.15, 0.2) is 11.6 Å². The van der Waals surface area contributed by atoms with Crippen LogP contribution in [0.3, 0.4) is 0 Å². The summed E-state index contributed by atoms with van der Waals surface area (Å²) in [5, 5.41) is 3.34. The maximum absolute atomic E-state index is 5.89. The van der Waals surface area contributed by atoms with Gasteiger partial charge in [0.1, 0.15) is 12.9 Å². The second-order valence-corrected chi connectivity index (χ2v) is 4.72. The summed E-state index contributed by atoms with van der Waals surface area (Å²) in [4.78, 5) is 10.7. The number of anilines is 1. The molecule has 5 heteroatoms. The average Bonchev–Trinajstić information content (AvgIpc) is 2.55. The minimum atomic E-state index is 0.535. The minimum absolute atomic E-state index is 0.535. The molecule has 1 aliphatic rings. The first-order valence-electron chi connectivity index (χ1n) is 6.86. The lowest BCUT2D eigenvalue weighted by Crippen LogP contribution is -2.44. The Morgan fingerprint density at radius 2 is 1.95 bits per heavy atom. The van der Waals surface area contributed by atoms with Gasteiger partial charge < -0.3 is 15.0 Å². The Bertz CT molecular complexity index is 541. The van der Waals surface area contributed by atoms with Crippen molar-refractivity contribution < 1.29 is 4.74 Å². The lowest BCUT2D eigenvalue weighted by molar-refractivity contribution is 0.303. The van der Waals surface area contributed by atoms with Crippen molar-refractivity contribution in [3.05, 3.63) is 48.4 Å². The first kappa shape index (κ1) is 12.9. The van der Waals surface area contributed by atoms with Gasteiger partial charge in [0.2, 0.25) is 0 Å². The fraction of sp³-hybridized carbons (Fsp3) is 0.333. The average molecular weight is 270 g/mol. The van der Waals surface area contributed by atoms with E-state index in [0.29, 0.717) is 6.61 Å². The highest BCUT2D eigenvalue weighted by atomic mass is 16.5. The van der Waals surface area contributed by atoms with Crippen molar-refractivity contribution in [2.45, 2.75) is 6.61 Å². The molecule has 20 heavy (non-hydrogen) atoms. The third-order valence-electron chi connectivity index (χ3n) is 3.31. The number of piperazine rings is 1. The Balaban J connectivity index is 1.72. The van der Waals surface area contributed by atoms with E-state index in [4.69, 9.17) is 4.74 Å². The molecular weight excluding hydrogens is 252 g/mol. The molecule has 0 aliphatic carbocycles. The predicted octanol–water partition coefficient (Wildman–Crippen LogP) is 1.47. The van der Waals surface area contributed by atoms with Crippen LogP contribution in [0.4, 0.5) is 5.82 Å². The molecule has 0 spiro atoms. The van der Waals surface area contributed by atoms with Gasteiger partial charge in [0.25, 0.3) is 0 Å². The smallest absolute Gasteiger partial charge is 0.180 e. The van der Waals surface area contributed by atoms with Crippen LogP contribution in [0.25, 0.3) is 0 Å². The molecule has 3 rings (SSSR count). The topological polar surface area (TPSA) is 50.3 Å². The molecule has 0 unspecified atom stereocenters. The number of nitrogens with zero attached hydrogens (tertiary/aromatic N) is 3. The van der Waals surface area contributed by atoms with Crippen LogP contribution in [-0.4, -0.2) is 36.1 Å². The molecule has 1 saturated heterocycles. The van der Waals surface area contributed by atoms with E-state index in [2.05, 4.69) is 20.2 Å². The van der Waals surface area contributed by atoms with E-state index in [1.54, 1.807) is 12.5 Å². The fourth-order valence-electron chi connectivity index (χ4n) is 2.26. The molecule has 0 radical (unpaired) electrons. The Kier molecular flexibility index (Phi) is 4.08. The summed E-state index contributed by atoms with van der Waals surface area (Å²) in [6.07, 6.45) is 3.32. The maximum Gasteiger partial charge on any atom is 0.180 e. The van der Waals surface area contributed by atoms with Crippen molar-refractivity contribution in [2.75, 3.05) is 31.1 Å². The lowest BCUT2D eigenvalue weighted by atomic mass is 10.2. The molecule has 1 N–H and O–H groups in total. The third kappa shape index (κ3) is 3.05. The largest absolute Gasteiger partial charge is 0.483 e. The predicted molar refractivity (Wildman–Crippen MR) is 77.9 cm³/mol. The quantitative estimate of drug-likeness (QED) is 0.911. The van der Waals surface area contributed by atoms with Crippen molar-refractivity contribution in [3.63, 3.8) is 0 Å². The molecule has 1 fully saturated rings. The molecule has 0 saturated carbocycles. The van der Waals surface area contributed by atoms with Crippen LogP contribution in [0.15, 0.2) is 42.9 Å². The van der Waals surface area contributed by atoms with Crippen molar-refractivity contribution >= 4 is 5.82 Å². The van der Waals surface area contributed by atoms with Crippen molar-refractivity contribution in [3.8, 4) is 5.75 Å². The van der Waals surface area contributed by atoms with E-state index in [9.17, 15) is 0 Å². The van der Waals surface area contributed by atoms with Gasteiger partial charge in [-0.2, -0.15) is 0 Å². The van der Waals surface area contributed by atoms with Crippen LogP contribution in [0.2, 0.25) is 0 Å². The number of hydrogen-bond donors (Lipinski definition) is 1. The number of ether oxygens (including phenoxy) is 1. The maximum atomic E-state index is 5.89. The van der Waals surface area contributed by atoms with Crippen LogP contribution in [0, 0.1) is 0 Å². The monoisotopic (exact) mass is 270 g/mol. The van der Waals surface area contributed by atoms with Crippen LogP contribution >= 0.6 is 0 Å². The molecule has 1 aromatic carbocycles. The van der Waals surface area contributed by atoms with Crippen LogP contribution in [0.1, 0.15) is 5.56 Å². The molecular formula is C15H18N4O. The SMILES string of the molecule is c1ccc(COc2cncnc2N2CCNCC2)cc1. The summed E-state index contributed by atoms with van der Waals surface area (Å²) < 4.78 is 5.89. The summed E-state index contributed by atoms with van der Waals surface area (Å²) in [6, 6.07) is 10.1. The molecule has 0 atom stereocenters. The summed E-state index contributed by atoms with van der Waals surface area (Å²) in [6.45, 7) is 4.37. The number of rotatable bonds is 4. The highest BCUT2D eigenvalue weighted by Crippen LogP contribution is 2.25. The van der Waals surface area contributed by atoms with Crippen LogP contribution in [-0.2, 0) is 6.61 Å². The fourth-order valence-corrected chi connectivity index (χ4v) is 2.26. The normalized spacial score (nSPS) is 15.1. The summed E-state index contributed by atoms with van der Waals surface area (Å²) in [5.74, 6) is 1.63. The van der Waals surface area contributed by atoms with Gasteiger partial charge in [-0.1, -0.05) is 30.3 Å². The van der Waals surface area contributed by atoms with Gasteiger partial charge in [-0.25, -0.2) is 9.97 Å². The van der Waals surface area contributed by atoms with Gasteiger partial charge in [-0.05, 0) is 5.56 Å². The van der Waals surface area contributed by atoms with Gasteiger partial charge in [-0.15, -0.1) is 0 Å². The minimum Gasteiger partial charge on any atom is -0.483 e. The molecule has 104 valence electrons. The van der Waals surface area contributed by atoms with E-state index in [1.165, 1.54) is 0 Å². The number of hydrogen-bond acceptors (Lipinski definition) is 5. The summed E-state index contributed by atoms with van der Waals surface area (Å²) in [7, 11) is 0. The third-order valence-corrected chi connectivity index (χ3v) is 3.31. The first-order chi connectivity index (χ1) is 9.93. The molecule has 0 amide bonds. The second-order valence-electron chi connectivity index (χ2n) is 4.72. The summed E-state index contributed by atoms with van der Waals surface area (Å²) >= 11 is 0. The van der Waals surface area contributed by atoms with Gasteiger partial charge in [0.05, 0.1) is 6.20 Å². The van der Waals surface area contributed by atoms with E-state index in [1.807, 2.05) is 30.3 Å². The second kappa shape index (κ2) is 6.34. The highest BCUT2D eigenvalue weighted by molar-refractivity contribution is 5.51. The van der Waals surface area contributed by atoms with Crippen molar-refractivity contribution in [1.29, 1.82) is 0 Å². The molecule has 1 aliphatic heterocycles. The molecule has 0 bridgehead atoms. The van der Waals surface area contributed by atoms with Crippen molar-refractivity contribution in [2.24, 2.45) is 0 Å². The molecule has 2 heterocycles. The standard InChI is InChI=1S/C15H18N4O/c1-2-4-13(5-3-1)11-20-14-10-17-12-18-15(14)19-8-6-16-7-9-19/h1-5,10,12,16H,6-9,11H2. The Morgan fingerprint density at radius 1 is 1.15 bits per heavy atom. The number of nitrogens with one attached hydrogen (secondary N) is 1. The zero-order chi connectivity index (χ0) is 13.6. The van der Waals surface area contributed by atoms with Gasteiger partial charge in [-0.3, -0.25) is 0 Å². The Morgan fingerprint density at radius 3 is 2.75 bits per heavy atom. The number of aromatic nitrogens is 2. The molecule has 2 aromatic rings. The summed E-state index contributed by atoms with van der Waals surface area (Å²) in [5.41, 5.74) is 1.14. The molecule has 5 nitrogen and oxygen atoms in total. The first-order valence-corrected chi connectivity index (χ1v) is 6.86. The van der Waals surface area contributed by atoms with E-state index < -0.39 is 0 Å².